The van der Waals surface area contributed by atoms with E-state index in [2.05, 4.69) is 10.3 Å². The van der Waals surface area contributed by atoms with E-state index < -0.39 is 6.86 Å². The van der Waals surface area contributed by atoms with Crippen LogP contribution >= 0.6 is 0 Å². The Balaban J connectivity index is 1.52. The highest BCUT2D eigenvalue weighted by atomic mass is 19.1. The number of benzene rings is 2. The first-order valence-corrected chi connectivity index (χ1v) is 11.6. The molecular weight excluding hydrogens is 463 g/mol. The van der Waals surface area contributed by atoms with E-state index in [1.807, 2.05) is 19.1 Å². The highest BCUT2D eigenvalue weighted by Crippen LogP contribution is 2.32. The summed E-state index contributed by atoms with van der Waals surface area (Å²) in [6, 6.07) is 15.7. The maximum absolute atomic E-state index is 12.8. The summed E-state index contributed by atoms with van der Waals surface area (Å²) >= 11 is 0. The monoisotopic (exact) mass is 490 g/mol. The fraction of sp³-hybridized carbons (Fsp3) is 0.259. The largest absolute Gasteiger partial charge is 0.493 e. The fourth-order valence-electron chi connectivity index (χ4n) is 4.01. The second-order valence-corrected chi connectivity index (χ2v) is 8.25. The molecule has 0 aliphatic carbocycles. The predicted octanol–water partition coefficient (Wildman–Crippen LogP) is 4.81. The van der Waals surface area contributed by atoms with Crippen LogP contribution in [0.25, 0.3) is 0 Å². The van der Waals surface area contributed by atoms with Crippen molar-refractivity contribution in [2.75, 3.05) is 19.3 Å². The van der Waals surface area contributed by atoms with Crippen LogP contribution in [0.15, 0.2) is 72.1 Å². The normalized spacial score (nSPS) is 15.3. The van der Waals surface area contributed by atoms with E-state index in [9.17, 15) is 14.0 Å². The second-order valence-electron chi connectivity index (χ2n) is 8.25. The van der Waals surface area contributed by atoms with Gasteiger partial charge in [-0.25, -0.2) is 9.40 Å². The summed E-state index contributed by atoms with van der Waals surface area (Å²) in [5, 5.41) is 9.00. The number of carbonyl (C=O) groups excluding carboxylic acids is 2. The summed E-state index contributed by atoms with van der Waals surface area (Å²) in [6.45, 7) is 1.35. The van der Waals surface area contributed by atoms with E-state index in [1.165, 1.54) is 12.1 Å². The zero-order chi connectivity index (χ0) is 25.5. The summed E-state index contributed by atoms with van der Waals surface area (Å²) in [7, 11) is 1.49. The maximum Gasteiger partial charge on any atom is 0.255 e. The van der Waals surface area contributed by atoms with Crippen LogP contribution < -0.4 is 14.8 Å². The lowest BCUT2D eigenvalue weighted by molar-refractivity contribution is -0.133. The van der Waals surface area contributed by atoms with Gasteiger partial charge in [0.2, 0.25) is 12.8 Å². The number of aromatic nitrogens is 1. The zero-order valence-electron chi connectivity index (χ0n) is 20.1. The highest BCUT2D eigenvalue weighted by molar-refractivity contribution is 6.06. The summed E-state index contributed by atoms with van der Waals surface area (Å²) in [5.74, 6) is 0.365. The minimum absolute atomic E-state index is 0.0443. The molecule has 1 unspecified atom stereocenters. The summed E-state index contributed by atoms with van der Waals surface area (Å²) < 4.78 is 23.0. The minimum atomic E-state index is -0.956. The molecular formula is C27H27FN4O4. The van der Waals surface area contributed by atoms with Crippen molar-refractivity contribution in [3.8, 4) is 11.5 Å². The number of anilines is 1. The Labute approximate surface area is 208 Å². The molecule has 1 aromatic heterocycles. The third-order valence-electron chi connectivity index (χ3n) is 5.97. The molecule has 9 heteroatoms. The molecule has 0 fully saturated rings. The minimum Gasteiger partial charge on any atom is -0.493 e. The Morgan fingerprint density at radius 2 is 1.86 bits per heavy atom. The van der Waals surface area contributed by atoms with Crippen molar-refractivity contribution in [3.05, 3.63) is 83.7 Å². The van der Waals surface area contributed by atoms with Crippen LogP contribution in [0.3, 0.4) is 0 Å². The molecule has 8 nitrogen and oxygen atoms in total. The molecule has 2 heterocycles. The molecule has 0 radical (unpaired) electrons. The molecule has 186 valence electrons. The molecule has 1 N–H and O–H groups in total. The number of pyridine rings is 1. The molecule has 0 saturated heterocycles. The van der Waals surface area contributed by atoms with Gasteiger partial charge in [0.1, 0.15) is 0 Å². The lowest BCUT2D eigenvalue weighted by Gasteiger charge is -2.29. The van der Waals surface area contributed by atoms with Gasteiger partial charge in [0.05, 0.1) is 19.4 Å². The van der Waals surface area contributed by atoms with Gasteiger partial charge in [0.15, 0.2) is 11.5 Å². The topological polar surface area (TPSA) is 93.1 Å². The van der Waals surface area contributed by atoms with Gasteiger partial charge in [-0.2, -0.15) is 5.10 Å². The Morgan fingerprint density at radius 3 is 2.53 bits per heavy atom. The fourth-order valence-corrected chi connectivity index (χ4v) is 4.01. The molecule has 1 atom stereocenters. The van der Waals surface area contributed by atoms with Crippen molar-refractivity contribution >= 4 is 23.2 Å². The first-order chi connectivity index (χ1) is 17.5. The number of nitrogens with one attached hydrogen (secondary N) is 1. The summed E-state index contributed by atoms with van der Waals surface area (Å²) in [5.41, 5.74) is 3.58. The van der Waals surface area contributed by atoms with Gasteiger partial charge < -0.3 is 14.8 Å². The van der Waals surface area contributed by atoms with Gasteiger partial charge in [-0.05, 0) is 54.4 Å². The van der Waals surface area contributed by atoms with Crippen LogP contribution in [0.4, 0.5) is 10.1 Å². The first kappa shape index (κ1) is 24.8. The summed E-state index contributed by atoms with van der Waals surface area (Å²) in [6.07, 6.45) is 4.21. The van der Waals surface area contributed by atoms with E-state index in [1.54, 1.807) is 54.9 Å². The van der Waals surface area contributed by atoms with Crippen molar-refractivity contribution in [1.29, 1.82) is 0 Å². The highest BCUT2D eigenvalue weighted by Gasteiger charge is 2.29. The van der Waals surface area contributed by atoms with Crippen LogP contribution in [0, 0.1) is 5.92 Å². The number of amides is 2. The molecule has 3 aromatic rings. The van der Waals surface area contributed by atoms with Gasteiger partial charge in [-0.15, -0.1) is 0 Å². The van der Waals surface area contributed by atoms with Crippen molar-refractivity contribution < 1.29 is 23.5 Å². The number of methoxy groups -OCH3 is 1. The number of alkyl halides is 1. The second kappa shape index (κ2) is 11.4. The molecule has 4 rings (SSSR count). The lowest BCUT2D eigenvalue weighted by Crippen LogP contribution is -2.36. The molecule has 0 saturated carbocycles. The number of hydrogen-bond donors (Lipinski definition) is 1. The molecule has 2 amide bonds. The molecule has 1 aliphatic heterocycles. The van der Waals surface area contributed by atoms with Crippen LogP contribution in [-0.2, 0) is 11.3 Å². The van der Waals surface area contributed by atoms with Crippen molar-refractivity contribution in [2.24, 2.45) is 11.0 Å². The van der Waals surface area contributed by atoms with Crippen molar-refractivity contribution in [3.63, 3.8) is 0 Å². The Kier molecular flexibility index (Phi) is 7.89. The van der Waals surface area contributed by atoms with E-state index >= 15 is 0 Å². The standard InChI is InChI=1S/C27H27FN4O4/c1-3-19-15-25(33)32(31-26(19)21-6-9-23(36-17-28)24(14-21)35-2)16-18-4-7-22(8-5-18)30-27(34)20-10-12-29-13-11-20/h4-14,19H,3,15-17H2,1-2H3,(H,30,34). The van der Waals surface area contributed by atoms with Crippen molar-refractivity contribution in [1.82, 2.24) is 9.99 Å². The van der Waals surface area contributed by atoms with Gasteiger partial charge >= 0.3 is 0 Å². The van der Waals surface area contributed by atoms with Gasteiger partial charge in [-0.3, -0.25) is 14.6 Å². The molecule has 0 spiro atoms. The molecule has 0 bridgehead atoms. The third kappa shape index (κ3) is 5.68. The molecule has 1 aliphatic rings. The van der Waals surface area contributed by atoms with E-state index in [-0.39, 0.29) is 24.3 Å². The van der Waals surface area contributed by atoms with E-state index in [0.717, 1.165) is 23.3 Å². The Hall–Kier alpha value is -4.27. The third-order valence-corrected chi connectivity index (χ3v) is 5.97. The van der Waals surface area contributed by atoms with Crippen molar-refractivity contribution in [2.45, 2.75) is 26.3 Å². The van der Waals surface area contributed by atoms with Crippen LogP contribution in [0.2, 0.25) is 0 Å². The van der Waals surface area contributed by atoms with Gasteiger partial charge in [-0.1, -0.05) is 19.1 Å². The number of nitrogens with zero attached hydrogens (tertiary/aromatic N) is 3. The SMILES string of the molecule is CCC1CC(=O)N(Cc2ccc(NC(=O)c3ccncc3)cc2)N=C1c1ccc(OCF)c(OC)c1. The number of hydrogen-bond acceptors (Lipinski definition) is 6. The van der Waals surface area contributed by atoms with E-state index in [0.29, 0.717) is 29.2 Å². The van der Waals surface area contributed by atoms with Gasteiger partial charge in [0.25, 0.3) is 5.91 Å². The Bertz CT molecular complexity index is 1250. The number of halogens is 1. The Morgan fingerprint density at radius 1 is 1.11 bits per heavy atom. The van der Waals surface area contributed by atoms with Crippen LogP contribution in [0.1, 0.15) is 41.3 Å². The van der Waals surface area contributed by atoms with Gasteiger partial charge in [0, 0.05) is 41.5 Å². The first-order valence-electron chi connectivity index (χ1n) is 11.6. The predicted molar refractivity (Wildman–Crippen MR) is 134 cm³/mol. The van der Waals surface area contributed by atoms with Crippen LogP contribution in [0.5, 0.6) is 11.5 Å². The molecule has 2 aromatic carbocycles. The maximum atomic E-state index is 12.8. The average Bonchev–Trinajstić information content (AvgIpc) is 2.91. The average molecular weight is 491 g/mol. The lowest BCUT2D eigenvalue weighted by atomic mass is 9.89. The summed E-state index contributed by atoms with van der Waals surface area (Å²) in [4.78, 5) is 29.1. The smallest absolute Gasteiger partial charge is 0.255 e. The quantitative estimate of drug-likeness (QED) is 0.465. The molecule has 36 heavy (non-hydrogen) atoms. The zero-order valence-corrected chi connectivity index (χ0v) is 20.1. The number of carbonyl (C=O) groups is 2. The number of rotatable bonds is 9. The number of hydrazone groups is 1. The number of ether oxygens (including phenoxy) is 2. The van der Waals surface area contributed by atoms with Crippen LogP contribution in [-0.4, -0.2) is 41.5 Å². The van der Waals surface area contributed by atoms with E-state index in [4.69, 9.17) is 14.6 Å².